The molecule has 0 radical (unpaired) electrons. The summed E-state index contributed by atoms with van der Waals surface area (Å²) in [6, 6.07) is 8.10. The summed E-state index contributed by atoms with van der Waals surface area (Å²) in [5.41, 5.74) is 1.09. The maximum absolute atomic E-state index is 4.31. The van der Waals surface area contributed by atoms with E-state index in [0.29, 0.717) is 0 Å². The number of hydrogen-bond donors (Lipinski definition) is 1. The van der Waals surface area contributed by atoms with Crippen molar-refractivity contribution in [2.45, 2.75) is 0 Å². The van der Waals surface area contributed by atoms with Crippen molar-refractivity contribution in [1.82, 2.24) is 0 Å². The third-order valence-electron chi connectivity index (χ3n) is 1.68. The molecule has 0 spiro atoms. The highest BCUT2D eigenvalue weighted by Gasteiger charge is 2.05. The number of anilines is 1. The Morgan fingerprint density at radius 3 is 2.69 bits per heavy atom. The molecule has 2 rings (SSSR count). The van der Waals surface area contributed by atoms with E-state index in [9.17, 15) is 0 Å². The maximum Gasteiger partial charge on any atom is 0.161 e. The smallest absolute Gasteiger partial charge is 0.161 e. The molecule has 0 saturated heterocycles. The topological polar surface area (TPSA) is 24.4 Å². The van der Waals surface area contributed by atoms with Gasteiger partial charge in [0.25, 0.3) is 0 Å². The van der Waals surface area contributed by atoms with Crippen LogP contribution in [-0.2, 0) is 0 Å². The maximum atomic E-state index is 4.31. The molecule has 0 amide bonds. The van der Waals surface area contributed by atoms with Gasteiger partial charge >= 0.3 is 0 Å². The van der Waals surface area contributed by atoms with Crippen molar-refractivity contribution in [2.75, 3.05) is 17.6 Å². The first-order chi connectivity index (χ1) is 6.34. The molecule has 1 aromatic rings. The molecule has 0 unspecified atom stereocenters. The summed E-state index contributed by atoms with van der Waals surface area (Å²) in [5, 5.41) is 4.29. The summed E-state index contributed by atoms with van der Waals surface area (Å²) in [6.45, 7) is 0.934. The molecule has 1 aromatic carbocycles. The van der Waals surface area contributed by atoms with Gasteiger partial charge in [-0.05, 0) is 24.3 Å². The van der Waals surface area contributed by atoms with Gasteiger partial charge < -0.3 is 5.32 Å². The van der Waals surface area contributed by atoms with Gasteiger partial charge in [0.2, 0.25) is 0 Å². The number of nitrogens with zero attached hydrogens (tertiary/aromatic N) is 1. The number of rotatable bonds is 1. The fourth-order valence-corrected chi connectivity index (χ4v) is 2.08. The van der Waals surface area contributed by atoms with Crippen LogP contribution in [0.1, 0.15) is 0 Å². The molecule has 0 saturated carbocycles. The van der Waals surface area contributed by atoms with E-state index in [4.69, 9.17) is 0 Å². The monoisotopic (exact) mass is 256 g/mol. The second-order valence-corrected chi connectivity index (χ2v) is 4.67. The first-order valence-corrected chi connectivity index (χ1v) is 5.82. The Bertz CT molecular complexity index is 321. The van der Waals surface area contributed by atoms with Gasteiger partial charge in [-0.25, -0.2) is 0 Å². The normalized spacial score (nSPS) is 15.6. The second-order valence-electron chi connectivity index (χ2n) is 2.67. The number of hydrogen-bond acceptors (Lipinski definition) is 3. The molecule has 1 N–H and O–H groups in total. The molecule has 0 fully saturated rings. The average molecular weight is 257 g/mol. The van der Waals surface area contributed by atoms with Crippen molar-refractivity contribution in [2.24, 2.45) is 4.99 Å². The minimum Gasteiger partial charge on any atom is -0.335 e. The standard InChI is InChI=1S/C9H9BrN2S/c10-7-1-3-8(4-2-7)12-9-11-5-6-13-9/h1-4H,5-6H2,(H,11,12). The third kappa shape index (κ3) is 2.48. The molecule has 2 nitrogen and oxygen atoms in total. The van der Waals surface area contributed by atoms with Gasteiger partial charge in [0.1, 0.15) is 0 Å². The predicted octanol–water partition coefficient (Wildman–Crippen LogP) is 2.96. The Hall–Kier alpha value is -0.480. The van der Waals surface area contributed by atoms with Crippen LogP contribution in [0.25, 0.3) is 0 Å². The minimum atomic E-state index is 0.934. The van der Waals surface area contributed by atoms with Crippen molar-refractivity contribution in [3.63, 3.8) is 0 Å². The van der Waals surface area contributed by atoms with E-state index in [1.54, 1.807) is 11.8 Å². The molecule has 0 bridgehead atoms. The van der Waals surface area contributed by atoms with Gasteiger partial charge in [0, 0.05) is 15.9 Å². The van der Waals surface area contributed by atoms with Crippen molar-refractivity contribution < 1.29 is 0 Å². The van der Waals surface area contributed by atoms with E-state index in [-0.39, 0.29) is 0 Å². The molecule has 13 heavy (non-hydrogen) atoms. The Kier molecular flexibility index (Phi) is 2.90. The van der Waals surface area contributed by atoms with Crippen molar-refractivity contribution >= 4 is 38.5 Å². The molecule has 1 aliphatic rings. The van der Waals surface area contributed by atoms with E-state index in [1.165, 1.54) is 0 Å². The lowest BCUT2D eigenvalue weighted by Gasteiger charge is -2.03. The van der Waals surface area contributed by atoms with Crippen LogP contribution in [0, 0.1) is 0 Å². The van der Waals surface area contributed by atoms with Crippen LogP contribution in [0.4, 0.5) is 5.69 Å². The number of aliphatic imine (C=N–C) groups is 1. The van der Waals surface area contributed by atoms with E-state index in [0.717, 1.165) is 27.6 Å². The van der Waals surface area contributed by atoms with E-state index >= 15 is 0 Å². The molecule has 0 aliphatic carbocycles. The zero-order chi connectivity index (χ0) is 9.10. The molecule has 0 aromatic heterocycles. The highest BCUT2D eigenvalue weighted by molar-refractivity contribution is 9.10. The van der Waals surface area contributed by atoms with Crippen LogP contribution in [0.5, 0.6) is 0 Å². The minimum absolute atomic E-state index is 0.934. The second kappa shape index (κ2) is 4.15. The Labute approximate surface area is 90.0 Å². The summed E-state index contributed by atoms with van der Waals surface area (Å²) in [6.07, 6.45) is 0. The highest BCUT2D eigenvalue weighted by atomic mass is 79.9. The lowest BCUT2D eigenvalue weighted by Crippen LogP contribution is -2.04. The number of thioether (sulfide) groups is 1. The predicted molar refractivity (Wildman–Crippen MR) is 62.5 cm³/mol. The largest absolute Gasteiger partial charge is 0.335 e. The summed E-state index contributed by atoms with van der Waals surface area (Å²) in [7, 11) is 0. The first-order valence-electron chi connectivity index (χ1n) is 4.04. The molecule has 0 atom stereocenters. The lowest BCUT2D eigenvalue weighted by molar-refractivity contribution is 1.17. The van der Waals surface area contributed by atoms with Crippen molar-refractivity contribution in [3.8, 4) is 0 Å². The number of nitrogens with one attached hydrogen (secondary N) is 1. The molecule has 1 aliphatic heterocycles. The third-order valence-corrected chi connectivity index (χ3v) is 3.10. The molecule has 4 heteroatoms. The number of amidine groups is 1. The van der Waals surface area contributed by atoms with Gasteiger partial charge in [-0.3, -0.25) is 4.99 Å². The lowest BCUT2D eigenvalue weighted by atomic mass is 10.3. The van der Waals surface area contributed by atoms with Gasteiger partial charge in [-0.15, -0.1) is 0 Å². The van der Waals surface area contributed by atoms with Gasteiger partial charge in [0.15, 0.2) is 5.17 Å². The summed E-state index contributed by atoms with van der Waals surface area (Å²) in [4.78, 5) is 4.31. The average Bonchev–Trinajstić information content (AvgIpc) is 2.62. The van der Waals surface area contributed by atoms with E-state index < -0.39 is 0 Å². The highest BCUT2D eigenvalue weighted by Crippen LogP contribution is 2.18. The van der Waals surface area contributed by atoms with Gasteiger partial charge in [0.05, 0.1) is 6.54 Å². The van der Waals surface area contributed by atoms with Crippen LogP contribution >= 0.6 is 27.7 Å². The van der Waals surface area contributed by atoms with Crippen LogP contribution in [0.3, 0.4) is 0 Å². The molecular weight excluding hydrogens is 248 g/mol. The Morgan fingerprint density at radius 1 is 1.31 bits per heavy atom. The van der Waals surface area contributed by atoms with Crippen LogP contribution in [-0.4, -0.2) is 17.5 Å². The van der Waals surface area contributed by atoms with E-state index in [1.807, 2.05) is 24.3 Å². The summed E-state index contributed by atoms with van der Waals surface area (Å²) in [5.74, 6) is 1.10. The molecular formula is C9H9BrN2S. The van der Waals surface area contributed by atoms with Gasteiger partial charge in [-0.2, -0.15) is 0 Å². The van der Waals surface area contributed by atoms with Crippen LogP contribution in [0.2, 0.25) is 0 Å². The zero-order valence-corrected chi connectivity index (χ0v) is 9.36. The molecule has 1 heterocycles. The number of benzene rings is 1. The Morgan fingerprint density at radius 2 is 2.08 bits per heavy atom. The van der Waals surface area contributed by atoms with Gasteiger partial charge in [-0.1, -0.05) is 27.7 Å². The van der Waals surface area contributed by atoms with Crippen LogP contribution < -0.4 is 5.32 Å². The number of halogens is 1. The van der Waals surface area contributed by atoms with Crippen LogP contribution in [0.15, 0.2) is 33.7 Å². The fourth-order valence-electron chi connectivity index (χ4n) is 1.07. The van der Waals surface area contributed by atoms with E-state index in [2.05, 4.69) is 26.2 Å². The van der Waals surface area contributed by atoms with Crippen molar-refractivity contribution in [1.29, 1.82) is 0 Å². The zero-order valence-electron chi connectivity index (χ0n) is 6.96. The Balaban J connectivity index is 2.05. The SMILES string of the molecule is Brc1ccc(NC2=NCCS2)cc1. The summed E-state index contributed by atoms with van der Waals surface area (Å²) >= 11 is 5.16. The quantitative estimate of drug-likeness (QED) is 0.836. The van der Waals surface area contributed by atoms with Crippen molar-refractivity contribution in [3.05, 3.63) is 28.7 Å². The summed E-state index contributed by atoms with van der Waals surface area (Å²) < 4.78 is 1.10. The molecule has 68 valence electrons. The fraction of sp³-hybridized carbons (Fsp3) is 0.222. The first kappa shape index (κ1) is 9.09.